The molecule has 128 valence electrons. The molecule has 1 heterocycles. The Labute approximate surface area is 153 Å². The summed E-state index contributed by atoms with van der Waals surface area (Å²) in [7, 11) is 0. The lowest BCUT2D eigenvalue weighted by molar-refractivity contribution is 0.477. The van der Waals surface area contributed by atoms with E-state index in [9.17, 15) is 5.11 Å². The topological polar surface area (TPSA) is 37.5 Å². The molecule has 0 aliphatic heterocycles. The lowest BCUT2D eigenvalue weighted by atomic mass is 10.1. The summed E-state index contributed by atoms with van der Waals surface area (Å²) >= 11 is 5.86. The molecule has 3 aromatic rings. The smallest absolute Gasteiger partial charge is 0.142 e. The van der Waals surface area contributed by atoms with Gasteiger partial charge in [0, 0.05) is 39.9 Å². The number of halogens is 1. The van der Waals surface area contributed by atoms with Gasteiger partial charge in [-0.1, -0.05) is 30.7 Å². The molecule has 0 saturated carbocycles. The van der Waals surface area contributed by atoms with Crippen LogP contribution in [0.5, 0.6) is 5.75 Å². The molecule has 0 amide bonds. The van der Waals surface area contributed by atoms with Crippen molar-refractivity contribution in [1.82, 2.24) is 4.57 Å². The molecular formula is C21H21ClN2O. The number of hydrogen-bond acceptors (Lipinski definition) is 2. The quantitative estimate of drug-likeness (QED) is 0.595. The number of nitrogens with zero attached hydrogens (tertiary/aromatic N) is 2. The molecule has 4 heteroatoms. The molecule has 0 radical (unpaired) electrons. The second-order valence-electron chi connectivity index (χ2n) is 6.07. The van der Waals surface area contributed by atoms with E-state index in [0.717, 1.165) is 29.1 Å². The van der Waals surface area contributed by atoms with Crippen molar-refractivity contribution in [3.8, 4) is 11.4 Å². The van der Waals surface area contributed by atoms with Crippen LogP contribution in [0.3, 0.4) is 0 Å². The molecule has 0 fully saturated rings. The van der Waals surface area contributed by atoms with E-state index in [1.54, 1.807) is 18.3 Å². The summed E-state index contributed by atoms with van der Waals surface area (Å²) in [6.07, 6.45) is 2.81. The van der Waals surface area contributed by atoms with Crippen LogP contribution in [-0.2, 0) is 6.42 Å². The standard InChI is InChI=1S/C21H21ClN2O/c1-4-16-5-8-19(9-6-16)24-14(2)11-17(15(24)3)13-23-20-10-7-18(22)12-21(20)25/h5-13,25H,4H2,1-3H3. The molecule has 0 unspecified atom stereocenters. The van der Waals surface area contributed by atoms with Gasteiger partial charge in [0.2, 0.25) is 0 Å². The molecule has 0 saturated heterocycles. The van der Waals surface area contributed by atoms with Gasteiger partial charge < -0.3 is 9.67 Å². The van der Waals surface area contributed by atoms with Gasteiger partial charge in [-0.05, 0) is 56.2 Å². The summed E-state index contributed by atoms with van der Waals surface area (Å²) in [4.78, 5) is 4.41. The molecule has 25 heavy (non-hydrogen) atoms. The average molecular weight is 353 g/mol. The zero-order chi connectivity index (χ0) is 18.0. The molecule has 3 nitrogen and oxygen atoms in total. The van der Waals surface area contributed by atoms with Crippen LogP contribution in [0, 0.1) is 13.8 Å². The summed E-state index contributed by atoms with van der Waals surface area (Å²) in [5, 5.41) is 10.4. The molecule has 1 aromatic heterocycles. The van der Waals surface area contributed by atoms with Crippen LogP contribution in [0.15, 0.2) is 53.5 Å². The fraction of sp³-hybridized carbons (Fsp3) is 0.190. The minimum atomic E-state index is 0.0766. The van der Waals surface area contributed by atoms with E-state index < -0.39 is 0 Å². The van der Waals surface area contributed by atoms with Gasteiger partial charge in [-0.2, -0.15) is 0 Å². The van der Waals surface area contributed by atoms with Gasteiger partial charge in [0.25, 0.3) is 0 Å². The molecule has 1 N–H and O–H groups in total. The number of phenolic OH excluding ortho intramolecular Hbond substituents is 1. The Balaban J connectivity index is 1.94. The molecule has 0 bridgehead atoms. The van der Waals surface area contributed by atoms with E-state index in [-0.39, 0.29) is 5.75 Å². The van der Waals surface area contributed by atoms with Gasteiger partial charge in [0.1, 0.15) is 11.4 Å². The van der Waals surface area contributed by atoms with Crippen LogP contribution in [0.2, 0.25) is 5.02 Å². The van der Waals surface area contributed by atoms with Crippen LogP contribution in [-0.4, -0.2) is 15.9 Å². The molecular weight excluding hydrogens is 332 g/mol. The Kier molecular flexibility index (Phi) is 4.95. The predicted molar refractivity (Wildman–Crippen MR) is 105 cm³/mol. The maximum Gasteiger partial charge on any atom is 0.142 e. The fourth-order valence-electron chi connectivity index (χ4n) is 2.94. The van der Waals surface area contributed by atoms with Gasteiger partial charge in [-0.25, -0.2) is 0 Å². The maximum absolute atomic E-state index is 9.92. The Morgan fingerprint density at radius 1 is 1.08 bits per heavy atom. The highest BCUT2D eigenvalue weighted by molar-refractivity contribution is 6.30. The number of aliphatic imine (C=N–C) groups is 1. The minimum Gasteiger partial charge on any atom is -0.506 e. The zero-order valence-electron chi connectivity index (χ0n) is 14.6. The Morgan fingerprint density at radius 3 is 2.44 bits per heavy atom. The number of aromatic hydroxyl groups is 1. The van der Waals surface area contributed by atoms with E-state index in [2.05, 4.69) is 60.7 Å². The average Bonchev–Trinajstić information content (AvgIpc) is 2.88. The van der Waals surface area contributed by atoms with Crippen molar-refractivity contribution in [2.75, 3.05) is 0 Å². The van der Waals surface area contributed by atoms with Gasteiger partial charge in [-0.15, -0.1) is 0 Å². The van der Waals surface area contributed by atoms with Gasteiger partial charge in [0.15, 0.2) is 0 Å². The summed E-state index contributed by atoms with van der Waals surface area (Å²) < 4.78 is 2.21. The fourth-order valence-corrected chi connectivity index (χ4v) is 3.11. The lowest BCUT2D eigenvalue weighted by Gasteiger charge is -2.10. The molecule has 3 rings (SSSR count). The second kappa shape index (κ2) is 7.16. The summed E-state index contributed by atoms with van der Waals surface area (Å²) in [6.45, 7) is 6.31. The highest BCUT2D eigenvalue weighted by Gasteiger charge is 2.09. The molecule has 2 aromatic carbocycles. The van der Waals surface area contributed by atoms with E-state index in [0.29, 0.717) is 10.7 Å². The predicted octanol–water partition coefficient (Wildman–Crippen LogP) is 5.77. The first-order valence-corrected chi connectivity index (χ1v) is 8.68. The van der Waals surface area contributed by atoms with Crippen LogP contribution in [0.4, 0.5) is 5.69 Å². The van der Waals surface area contributed by atoms with E-state index in [1.165, 1.54) is 11.6 Å². The largest absolute Gasteiger partial charge is 0.506 e. The van der Waals surface area contributed by atoms with Gasteiger partial charge in [0.05, 0.1) is 0 Å². The number of aryl methyl sites for hydroxylation is 2. The first kappa shape index (κ1) is 17.3. The van der Waals surface area contributed by atoms with Gasteiger partial charge in [-0.3, -0.25) is 4.99 Å². The van der Waals surface area contributed by atoms with Crippen molar-refractivity contribution in [3.63, 3.8) is 0 Å². The molecule has 0 aliphatic carbocycles. The Bertz CT molecular complexity index is 924. The first-order chi connectivity index (χ1) is 12.0. The van der Waals surface area contributed by atoms with Crippen LogP contribution in [0.25, 0.3) is 5.69 Å². The molecule has 0 aliphatic rings. The monoisotopic (exact) mass is 352 g/mol. The third-order valence-electron chi connectivity index (χ3n) is 4.35. The zero-order valence-corrected chi connectivity index (χ0v) is 15.4. The number of aromatic nitrogens is 1. The maximum atomic E-state index is 9.92. The summed E-state index contributed by atoms with van der Waals surface area (Å²) in [5.74, 6) is 0.0766. The lowest BCUT2D eigenvalue weighted by Crippen LogP contribution is -1.99. The van der Waals surface area contributed by atoms with Crippen molar-refractivity contribution >= 4 is 23.5 Å². The summed E-state index contributed by atoms with van der Waals surface area (Å²) in [6, 6.07) is 15.6. The highest BCUT2D eigenvalue weighted by atomic mass is 35.5. The summed E-state index contributed by atoms with van der Waals surface area (Å²) in [5.41, 5.74) is 6.24. The van der Waals surface area contributed by atoms with Crippen LogP contribution >= 0.6 is 11.6 Å². The second-order valence-corrected chi connectivity index (χ2v) is 6.51. The third-order valence-corrected chi connectivity index (χ3v) is 4.59. The minimum absolute atomic E-state index is 0.0766. The van der Waals surface area contributed by atoms with Crippen molar-refractivity contribution < 1.29 is 5.11 Å². The van der Waals surface area contributed by atoms with Crippen molar-refractivity contribution in [3.05, 3.63) is 76.1 Å². The Hall–Kier alpha value is -2.52. The van der Waals surface area contributed by atoms with E-state index >= 15 is 0 Å². The number of hydrogen-bond donors (Lipinski definition) is 1. The normalized spacial score (nSPS) is 11.4. The van der Waals surface area contributed by atoms with E-state index in [4.69, 9.17) is 11.6 Å². The Morgan fingerprint density at radius 2 is 1.80 bits per heavy atom. The van der Waals surface area contributed by atoms with Gasteiger partial charge >= 0.3 is 0 Å². The van der Waals surface area contributed by atoms with Crippen LogP contribution in [0.1, 0.15) is 29.4 Å². The number of rotatable bonds is 4. The highest BCUT2D eigenvalue weighted by Crippen LogP contribution is 2.29. The van der Waals surface area contributed by atoms with Crippen molar-refractivity contribution in [1.29, 1.82) is 0 Å². The van der Waals surface area contributed by atoms with Crippen LogP contribution < -0.4 is 0 Å². The van der Waals surface area contributed by atoms with E-state index in [1.807, 2.05) is 0 Å². The SMILES string of the molecule is CCc1ccc(-n2c(C)cc(C=Nc3ccc(Cl)cc3O)c2C)cc1. The molecule has 0 atom stereocenters. The molecule has 0 spiro atoms. The van der Waals surface area contributed by atoms with Crippen molar-refractivity contribution in [2.24, 2.45) is 4.99 Å². The first-order valence-electron chi connectivity index (χ1n) is 8.30. The number of phenols is 1. The third kappa shape index (κ3) is 3.62. The van der Waals surface area contributed by atoms with Crippen molar-refractivity contribution in [2.45, 2.75) is 27.2 Å². The number of benzene rings is 2.